The fourth-order valence-electron chi connectivity index (χ4n) is 1.58. The van der Waals surface area contributed by atoms with Crippen LogP contribution in [0.2, 0.25) is 0 Å². The van der Waals surface area contributed by atoms with Crippen molar-refractivity contribution in [3.8, 4) is 0 Å². The van der Waals surface area contributed by atoms with Crippen molar-refractivity contribution in [2.45, 2.75) is 19.8 Å². The largest absolute Gasteiger partial charge is 0.396 e. The maximum atomic E-state index is 8.79. The van der Waals surface area contributed by atoms with Gasteiger partial charge in [0.15, 0.2) is 0 Å². The van der Waals surface area contributed by atoms with Gasteiger partial charge in [-0.25, -0.2) is 4.98 Å². The summed E-state index contributed by atoms with van der Waals surface area (Å²) in [5.74, 6) is 0. The van der Waals surface area contributed by atoms with Gasteiger partial charge in [-0.2, -0.15) is 0 Å². The first-order valence-electron chi connectivity index (χ1n) is 4.77. The van der Waals surface area contributed by atoms with E-state index in [2.05, 4.69) is 11.1 Å². The molecule has 0 amide bonds. The number of benzene rings is 1. The Labute approximate surface area is 87.2 Å². The lowest BCUT2D eigenvalue weighted by atomic mass is 10.1. The Hall–Kier alpha value is -0.930. The molecule has 2 aromatic rings. The zero-order valence-electron chi connectivity index (χ0n) is 8.16. The average Bonchev–Trinajstić information content (AvgIpc) is 2.55. The van der Waals surface area contributed by atoms with Gasteiger partial charge in [-0.05, 0) is 31.4 Å². The molecule has 0 aliphatic rings. The van der Waals surface area contributed by atoms with Crippen molar-refractivity contribution in [2.75, 3.05) is 6.61 Å². The highest BCUT2D eigenvalue weighted by atomic mass is 32.1. The van der Waals surface area contributed by atoms with E-state index >= 15 is 0 Å². The lowest BCUT2D eigenvalue weighted by Crippen LogP contribution is -1.89. The summed E-state index contributed by atoms with van der Waals surface area (Å²) >= 11 is 1.74. The van der Waals surface area contributed by atoms with Crippen LogP contribution in [0.1, 0.15) is 17.0 Å². The molecular weight excluding hydrogens is 194 g/mol. The van der Waals surface area contributed by atoms with E-state index in [4.69, 9.17) is 5.11 Å². The Kier molecular flexibility index (Phi) is 2.79. The van der Waals surface area contributed by atoms with Crippen LogP contribution < -0.4 is 0 Å². The molecule has 0 fully saturated rings. The molecule has 1 heterocycles. The molecule has 0 atom stereocenters. The second-order valence-electron chi connectivity index (χ2n) is 3.33. The molecule has 0 aliphatic heterocycles. The Morgan fingerprint density at radius 1 is 1.43 bits per heavy atom. The summed E-state index contributed by atoms with van der Waals surface area (Å²) < 4.78 is 1.28. The summed E-state index contributed by atoms with van der Waals surface area (Å²) in [4.78, 5) is 4.44. The lowest BCUT2D eigenvalue weighted by Gasteiger charge is -1.99. The van der Waals surface area contributed by atoms with Crippen LogP contribution in [0.25, 0.3) is 10.2 Å². The zero-order valence-corrected chi connectivity index (χ0v) is 8.97. The second-order valence-corrected chi connectivity index (χ2v) is 4.53. The number of fused-ring (bicyclic) bond motifs is 1. The van der Waals surface area contributed by atoms with Gasteiger partial charge in [-0.15, -0.1) is 11.3 Å². The van der Waals surface area contributed by atoms with Gasteiger partial charge < -0.3 is 5.11 Å². The van der Waals surface area contributed by atoms with Crippen LogP contribution in [0.15, 0.2) is 18.2 Å². The molecule has 74 valence electrons. The third-order valence-corrected chi connectivity index (χ3v) is 3.27. The van der Waals surface area contributed by atoms with Gasteiger partial charge in [-0.3, -0.25) is 0 Å². The van der Waals surface area contributed by atoms with Crippen LogP contribution in [0, 0.1) is 6.92 Å². The van der Waals surface area contributed by atoms with Gasteiger partial charge in [-0.1, -0.05) is 12.1 Å². The van der Waals surface area contributed by atoms with Gasteiger partial charge in [0, 0.05) is 6.61 Å². The number of aromatic nitrogens is 1. The molecule has 1 aromatic heterocycles. The van der Waals surface area contributed by atoms with E-state index in [-0.39, 0.29) is 6.61 Å². The van der Waals surface area contributed by atoms with Gasteiger partial charge in [0.2, 0.25) is 0 Å². The SMILES string of the molecule is Cc1nc2cccc(CCCO)c2s1. The average molecular weight is 207 g/mol. The number of rotatable bonds is 3. The summed E-state index contributed by atoms with van der Waals surface area (Å²) in [6, 6.07) is 6.20. The monoisotopic (exact) mass is 207 g/mol. The minimum Gasteiger partial charge on any atom is -0.396 e. The first kappa shape index (κ1) is 9.62. The molecule has 0 unspecified atom stereocenters. The number of aryl methyl sites for hydroxylation is 2. The van der Waals surface area contributed by atoms with E-state index < -0.39 is 0 Å². The molecule has 0 aliphatic carbocycles. The molecule has 3 heteroatoms. The third-order valence-electron chi connectivity index (χ3n) is 2.21. The molecule has 1 aromatic carbocycles. The van der Waals surface area contributed by atoms with E-state index in [1.807, 2.05) is 19.1 Å². The summed E-state index contributed by atoms with van der Waals surface area (Å²) in [5.41, 5.74) is 2.39. The standard InChI is InChI=1S/C11H13NOS/c1-8-12-10-6-2-4-9(5-3-7-13)11(10)14-8/h2,4,6,13H,3,5,7H2,1H3. The van der Waals surface area contributed by atoms with Crippen LogP contribution in [0.3, 0.4) is 0 Å². The highest BCUT2D eigenvalue weighted by Gasteiger charge is 2.04. The second kappa shape index (κ2) is 4.07. The van der Waals surface area contributed by atoms with Crippen molar-refractivity contribution in [1.82, 2.24) is 4.98 Å². The summed E-state index contributed by atoms with van der Waals surface area (Å²) in [7, 11) is 0. The molecule has 0 spiro atoms. The minimum atomic E-state index is 0.258. The van der Waals surface area contributed by atoms with E-state index in [1.54, 1.807) is 11.3 Å². The van der Waals surface area contributed by atoms with Gasteiger partial charge in [0.25, 0.3) is 0 Å². The molecular formula is C11H13NOS. The fourth-order valence-corrected chi connectivity index (χ4v) is 2.54. The molecule has 0 radical (unpaired) electrons. The minimum absolute atomic E-state index is 0.258. The molecule has 2 nitrogen and oxygen atoms in total. The molecule has 0 bridgehead atoms. The number of aliphatic hydroxyl groups is 1. The van der Waals surface area contributed by atoms with Gasteiger partial charge >= 0.3 is 0 Å². The third kappa shape index (κ3) is 1.79. The van der Waals surface area contributed by atoms with Crippen molar-refractivity contribution in [3.05, 3.63) is 28.8 Å². The molecule has 14 heavy (non-hydrogen) atoms. The van der Waals surface area contributed by atoms with Crippen molar-refractivity contribution >= 4 is 21.6 Å². The van der Waals surface area contributed by atoms with Gasteiger partial charge in [0.1, 0.15) is 0 Å². The number of nitrogens with zero attached hydrogens (tertiary/aromatic N) is 1. The smallest absolute Gasteiger partial charge is 0.0907 e. The number of hydrogen-bond donors (Lipinski definition) is 1. The summed E-state index contributed by atoms with van der Waals surface area (Å²) in [6.45, 7) is 2.29. The summed E-state index contributed by atoms with van der Waals surface area (Å²) in [6.07, 6.45) is 1.77. The number of thiazole rings is 1. The predicted octanol–water partition coefficient (Wildman–Crippen LogP) is 2.53. The van der Waals surface area contributed by atoms with Crippen molar-refractivity contribution < 1.29 is 5.11 Å². The van der Waals surface area contributed by atoms with Crippen LogP contribution in [-0.4, -0.2) is 16.7 Å². The van der Waals surface area contributed by atoms with Crippen LogP contribution in [0.4, 0.5) is 0 Å². The van der Waals surface area contributed by atoms with E-state index in [9.17, 15) is 0 Å². The quantitative estimate of drug-likeness (QED) is 0.839. The predicted molar refractivity (Wildman–Crippen MR) is 59.8 cm³/mol. The number of aliphatic hydroxyl groups excluding tert-OH is 1. The molecule has 0 saturated carbocycles. The fraction of sp³-hybridized carbons (Fsp3) is 0.364. The Morgan fingerprint density at radius 3 is 3.07 bits per heavy atom. The maximum Gasteiger partial charge on any atom is 0.0907 e. The molecule has 0 saturated heterocycles. The topological polar surface area (TPSA) is 33.1 Å². The highest BCUT2D eigenvalue weighted by Crippen LogP contribution is 2.25. The highest BCUT2D eigenvalue weighted by molar-refractivity contribution is 7.18. The van der Waals surface area contributed by atoms with Crippen molar-refractivity contribution in [2.24, 2.45) is 0 Å². The van der Waals surface area contributed by atoms with E-state index in [0.717, 1.165) is 23.4 Å². The Morgan fingerprint density at radius 2 is 2.29 bits per heavy atom. The maximum absolute atomic E-state index is 8.79. The van der Waals surface area contributed by atoms with E-state index in [0.29, 0.717) is 0 Å². The number of hydrogen-bond acceptors (Lipinski definition) is 3. The van der Waals surface area contributed by atoms with Gasteiger partial charge in [0.05, 0.1) is 15.2 Å². The first-order chi connectivity index (χ1) is 6.81. The summed E-state index contributed by atoms with van der Waals surface area (Å²) in [5, 5.41) is 9.90. The van der Waals surface area contributed by atoms with Crippen LogP contribution >= 0.6 is 11.3 Å². The normalized spacial score (nSPS) is 11.0. The Bertz CT molecular complexity index is 436. The van der Waals surface area contributed by atoms with Crippen LogP contribution in [0.5, 0.6) is 0 Å². The van der Waals surface area contributed by atoms with Crippen molar-refractivity contribution in [3.63, 3.8) is 0 Å². The molecule has 2 rings (SSSR count). The Balaban J connectivity index is 2.42. The van der Waals surface area contributed by atoms with E-state index in [1.165, 1.54) is 10.3 Å². The van der Waals surface area contributed by atoms with Crippen molar-refractivity contribution in [1.29, 1.82) is 0 Å². The first-order valence-corrected chi connectivity index (χ1v) is 5.59. The zero-order chi connectivity index (χ0) is 9.97. The molecule has 1 N–H and O–H groups in total. The lowest BCUT2D eigenvalue weighted by molar-refractivity contribution is 0.289. The van der Waals surface area contributed by atoms with Crippen LogP contribution in [-0.2, 0) is 6.42 Å².